The molecule has 0 saturated carbocycles. The summed E-state index contributed by atoms with van der Waals surface area (Å²) in [6.07, 6.45) is 1.94. The van der Waals surface area contributed by atoms with E-state index in [2.05, 4.69) is 39.8 Å². The number of nitrogens with zero attached hydrogens (tertiary/aromatic N) is 1. The SMILES string of the molecule is CC1(C)OC(=C2C(=O)Nc3cc(F)ccc32)C=C1c1ccc(CN2CCNCC2)cc1. The molecule has 2 aromatic rings. The van der Waals surface area contributed by atoms with Crippen molar-refractivity contribution in [1.82, 2.24) is 10.2 Å². The second kappa shape index (κ2) is 7.62. The number of amides is 1. The number of fused-ring (bicyclic) bond motifs is 1. The van der Waals surface area contributed by atoms with E-state index in [0.29, 0.717) is 22.6 Å². The highest BCUT2D eigenvalue weighted by atomic mass is 19.1. The van der Waals surface area contributed by atoms with E-state index in [4.69, 9.17) is 4.74 Å². The fourth-order valence-electron chi connectivity index (χ4n) is 4.53. The van der Waals surface area contributed by atoms with Gasteiger partial charge in [-0.1, -0.05) is 24.3 Å². The smallest absolute Gasteiger partial charge is 0.260 e. The zero-order chi connectivity index (χ0) is 21.6. The van der Waals surface area contributed by atoms with E-state index in [1.165, 1.54) is 17.7 Å². The molecule has 1 fully saturated rings. The van der Waals surface area contributed by atoms with Gasteiger partial charge in [0.2, 0.25) is 0 Å². The summed E-state index contributed by atoms with van der Waals surface area (Å²) in [5.41, 5.74) is 4.40. The molecule has 0 unspecified atom stereocenters. The van der Waals surface area contributed by atoms with Gasteiger partial charge in [0.1, 0.15) is 17.2 Å². The van der Waals surface area contributed by atoms with Gasteiger partial charge in [-0.05, 0) is 49.2 Å². The third-order valence-electron chi connectivity index (χ3n) is 6.14. The third kappa shape index (κ3) is 3.77. The Balaban J connectivity index is 1.45. The van der Waals surface area contributed by atoms with Crippen LogP contribution in [0.15, 0.2) is 54.3 Å². The molecule has 3 aliphatic rings. The summed E-state index contributed by atoms with van der Waals surface area (Å²) in [6, 6.07) is 12.9. The molecule has 0 aliphatic carbocycles. The van der Waals surface area contributed by atoms with Crippen molar-refractivity contribution in [1.29, 1.82) is 0 Å². The molecule has 160 valence electrons. The summed E-state index contributed by atoms with van der Waals surface area (Å²) in [6.45, 7) is 9.16. The van der Waals surface area contributed by atoms with Gasteiger partial charge >= 0.3 is 0 Å². The van der Waals surface area contributed by atoms with E-state index in [1.54, 1.807) is 6.07 Å². The number of anilines is 1. The Hall–Kier alpha value is -2.96. The van der Waals surface area contributed by atoms with Crippen LogP contribution in [-0.2, 0) is 16.1 Å². The van der Waals surface area contributed by atoms with Crippen molar-refractivity contribution in [3.63, 3.8) is 0 Å². The molecule has 0 aromatic heterocycles. The quantitative estimate of drug-likeness (QED) is 0.744. The van der Waals surface area contributed by atoms with Gasteiger partial charge in [0.15, 0.2) is 0 Å². The van der Waals surface area contributed by atoms with Crippen LogP contribution in [0.1, 0.15) is 30.5 Å². The van der Waals surface area contributed by atoms with Crippen LogP contribution in [0.5, 0.6) is 0 Å². The summed E-state index contributed by atoms with van der Waals surface area (Å²) >= 11 is 0. The number of hydrogen-bond acceptors (Lipinski definition) is 4. The predicted molar refractivity (Wildman–Crippen MR) is 120 cm³/mol. The molecule has 1 saturated heterocycles. The molecule has 3 heterocycles. The summed E-state index contributed by atoms with van der Waals surface area (Å²) in [4.78, 5) is 15.1. The molecule has 0 radical (unpaired) electrons. The standard InChI is InChI=1S/C25H26FN3O2/c1-25(2)20(17-5-3-16(4-6-17)15-29-11-9-27-10-12-29)14-22(31-25)23-19-8-7-18(26)13-21(19)28-24(23)30/h3-8,13-14,27H,9-12,15H2,1-2H3,(H,28,30). The number of allylic oxidation sites excluding steroid dienone is 1. The monoisotopic (exact) mass is 419 g/mol. The van der Waals surface area contributed by atoms with E-state index >= 15 is 0 Å². The molecule has 5 rings (SSSR count). The summed E-state index contributed by atoms with van der Waals surface area (Å²) in [7, 11) is 0. The first-order valence-corrected chi connectivity index (χ1v) is 10.7. The average molecular weight is 420 g/mol. The van der Waals surface area contributed by atoms with Gasteiger partial charge in [-0.3, -0.25) is 9.69 Å². The second-order valence-corrected chi connectivity index (χ2v) is 8.78. The molecular formula is C25H26FN3O2. The van der Waals surface area contributed by atoms with Gasteiger partial charge in [-0.15, -0.1) is 0 Å². The minimum Gasteiger partial charge on any atom is -0.482 e. The molecule has 2 aromatic carbocycles. The normalized spacial score (nSPS) is 22.7. The number of ether oxygens (including phenoxy) is 1. The van der Waals surface area contributed by atoms with Crippen molar-refractivity contribution in [2.24, 2.45) is 0 Å². The summed E-state index contributed by atoms with van der Waals surface area (Å²) in [5, 5.41) is 6.12. The molecule has 5 nitrogen and oxygen atoms in total. The first-order valence-electron chi connectivity index (χ1n) is 10.7. The number of carbonyl (C=O) groups excluding carboxylic acids is 1. The highest BCUT2D eigenvalue weighted by molar-refractivity contribution is 6.32. The fraction of sp³-hybridized carbons (Fsp3) is 0.320. The average Bonchev–Trinajstić information content (AvgIpc) is 3.23. The van der Waals surface area contributed by atoms with Gasteiger partial charge in [0.25, 0.3) is 5.91 Å². The maximum Gasteiger partial charge on any atom is 0.260 e. The third-order valence-corrected chi connectivity index (χ3v) is 6.14. The Morgan fingerprint density at radius 3 is 2.58 bits per heavy atom. The van der Waals surface area contributed by atoms with Crippen LogP contribution in [0.3, 0.4) is 0 Å². The van der Waals surface area contributed by atoms with E-state index < -0.39 is 5.60 Å². The lowest BCUT2D eigenvalue weighted by molar-refractivity contribution is -0.111. The molecule has 6 heteroatoms. The number of carbonyl (C=O) groups is 1. The van der Waals surface area contributed by atoms with E-state index in [1.807, 2.05) is 19.9 Å². The van der Waals surface area contributed by atoms with Crippen LogP contribution in [0.25, 0.3) is 11.1 Å². The summed E-state index contributed by atoms with van der Waals surface area (Å²) in [5.74, 6) is -0.127. The van der Waals surface area contributed by atoms with Crippen molar-refractivity contribution < 1.29 is 13.9 Å². The minimum atomic E-state index is -0.578. The minimum absolute atomic E-state index is 0.268. The number of halogens is 1. The van der Waals surface area contributed by atoms with Crippen molar-refractivity contribution in [2.75, 3.05) is 31.5 Å². The largest absolute Gasteiger partial charge is 0.482 e. The molecule has 0 bridgehead atoms. The van der Waals surface area contributed by atoms with Crippen LogP contribution in [-0.4, -0.2) is 42.6 Å². The van der Waals surface area contributed by atoms with Crippen LogP contribution in [0.2, 0.25) is 0 Å². The first kappa shape index (κ1) is 20.0. The van der Waals surface area contributed by atoms with E-state index in [-0.39, 0.29) is 11.7 Å². The Kier molecular flexibility index (Phi) is 4.91. The van der Waals surface area contributed by atoms with Gasteiger partial charge in [-0.2, -0.15) is 0 Å². The lowest BCUT2D eigenvalue weighted by Crippen LogP contribution is -2.42. The number of piperazine rings is 1. The maximum atomic E-state index is 13.6. The van der Waals surface area contributed by atoms with E-state index in [0.717, 1.165) is 43.9 Å². The Morgan fingerprint density at radius 1 is 1.10 bits per heavy atom. The molecule has 0 spiro atoms. The van der Waals surface area contributed by atoms with Crippen molar-refractivity contribution in [3.8, 4) is 0 Å². The predicted octanol–water partition coefficient (Wildman–Crippen LogP) is 3.79. The van der Waals surface area contributed by atoms with Gasteiger partial charge in [-0.25, -0.2) is 4.39 Å². The zero-order valence-corrected chi connectivity index (χ0v) is 17.8. The van der Waals surface area contributed by atoms with Crippen molar-refractivity contribution >= 4 is 22.7 Å². The Labute approximate surface area is 181 Å². The topological polar surface area (TPSA) is 53.6 Å². The van der Waals surface area contributed by atoms with Crippen molar-refractivity contribution in [2.45, 2.75) is 26.0 Å². The van der Waals surface area contributed by atoms with Gasteiger partial charge in [0.05, 0.1) is 11.3 Å². The Bertz CT molecular complexity index is 1100. The number of benzene rings is 2. The van der Waals surface area contributed by atoms with Crippen LogP contribution in [0, 0.1) is 5.82 Å². The molecule has 3 aliphatic heterocycles. The molecule has 2 N–H and O–H groups in total. The lowest BCUT2D eigenvalue weighted by Gasteiger charge is -2.27. The highest BCUT2D eigenvalue weighted by Crippen LogP contribution is 2.44. The number of hydrogen-bond donors (Lipinski definition) is 2. The maximum absolute atomic E-state index is 13.6. The Morgan fingerprint density at radius 2 is 1.84 bits per heavy atom. The zero-order valence-electron chi connectivity index (χ0n) is 17.8. The van der Waals surface area contributed by atoms with Crippen LogP contribution >= 0.6 is 0 Å². The first-order chi connectivity index (χ1) is 14.9. The van der Waals surface area contributed by atoms with Crippen LogP contribution in [0.4, 0.5) is 10.1 Å². The second-order valence-electron chi connectivity index (χ2n) is 8.78. The van der Waals surface area contributed by atoms with E-state index in [9.17, 15) is 9.18 Å². The van der Waals surface area contributed by atoms with Crippen molar-refractivity contribution in [3.05, 3.63) is 76.8 Å². The van der Waals surface area contributed by atoms with Gasteiger partial charge < -0.3 is 15.4 Å². The lowest BCUT2D eigenvalue weighted by atomic mass is 9.91. The molecule has 31 heavy (non-hydrogen) atoms. The highest BCUT2D eigenvalue weighted by Gasteiger charge is 2.38. The molecular weight excluding hydrogens is 393 g/mol. The number of nitrogens with one attached hydrogen (secondary N) is 2. The molecule has 0 atom stereocenters. The van der Waals surface area contributed by atoms with Gasteiger partial charge in [0, 0.05) is 43.9 Å². The van der Waals surface area contributed by atoms with Crippen LogP contribution < -0.4 is 10.6 Å². The summed E-state index contributed by atoms with van der Waals surface area (Å²) < 4.78 is 19.8. The molecule has 1 amide bonds. The number of rotatable bonds is 3. The fourth-order valence-corrected chi connectivity index (χ4v) is 4.53.